The average molecular weight is 398 g/mol. The first-order valence-corrected chi connectivity index (χ1v) is 11.0. The van der Waals surface area contributed by atoms with Crippen LogP contribution in [0.1, 0.15) is 57.9 Å². The summed E-state index contributed by atoms with van der Waals surface area (Å²) in [4.78, 5) is 41.4. The number of hydrogen-bond donors (Lipinski definition) is 1. The molecule has 1 atom stereocenters. The van der Waals surface area contributed by atoms with Crippen LogP contribution in [-0.2, 0) is 20.8 Å². The van der Waals surface area contributed by atoms with Gasteiger partial charge >= 0.3 is 0 Å². The summed E-state index contributed by atoms with van der Waals surface area (Å²) >= 11 is 0. The normalized spacial score (nSPS) is 22.3. The zero-order valence-corrected chi connectivity index (χ0v) is 17.4. The highest BCUT2D eigenvalue weighted by Gasteiger charge is 2.38. The zero-order chi connectivity index (χ0) is 20.5. The number of carbonyl (C=O) groups excluding carboxylic acids is 3. The quantitative estimate of drug-likeness (QED) is 0.847. The molecular weight excluding hydrogens is 366 g/mol. The highest BCUT2D eigenvalue weighted by molar-refractivity contribution is 5.99. The van der Waals surface area contributed by atoms with Crippen molar-refractivity contribution in [1.29, 1.82) is 0 Å². The smallest absolute Gasteiger partial charge is 0.229 e. The van der Waals surface area contributed by atoms with Crippen LogP contribution in [0.5, 0.6) is 0 Å². The molecule has 3 amide bonds. The Bertz CT molecular complexity index is 814. The third-order valence-electron chi connectivity index (χ3n) is 6.55. The number of anilines is 2. The summed E-state index contributed by atoms with van der Waals surface area (Å²) in [6, 6.07) is 6.07. The molecule has 0 bridgehead atoms. The van der Waals surface area contributed by atoms with Gasteiger partial charge in [-0.05, 0) is 43.0 Å². The summed E-state index contributed by atoms with van der Waals surface area (Å²) in [5.41, 5.74) is 2.78. The van der Waals surface area contributed by atoms with Gasteiger partial charge in [-0.3, -0.25) is 14.4 Å². The van der Waals surface area contributed by atoms with E-state index in [-0.39, 0.29) is 29.6 Å². The van der Waals surface area contributed by atoms with Gasteiger partial charge < -0.3 is 15.1 Å². The standard InChI is InChI=1S/C23H31N3O3/c1-15(2)23(29)25-11-10-16-12-18(8-9-20(16)25)24-22(28)17-13-21(27)26(14-17)19-6-4-3-5-7-19/h8-9,12,15,17,19H,3-7,10-11,13-14H2,1-2H3,(H,24,28). The molecule has 1 N–H and O–H groups in total. The second-order valence-electron chi connectivity index (χ2n) is 8.97. The zero-order valence-electron chi connectivity index (χ0n) is 17.4. The largest absolute Gasteiger partial charge is 0.339 e. The topological polar surface area (TPSA) is 69.7 Å². The summed E-state index contributed by atoms with van der Waals surface area (Å²) in [6.45, 7) is 5.05. The molecule has 2 aliphatic heterocycles. The SMILES string of the molecule is CC(C)C(=O)N1CCc2cc(NC(=O)C3CC(=O)N(C4CCCCC4)C3)ccc21. The van der Waals surface area contributed by atoms with Crippen molar-refractivity contribution in [3.05, 3.63) is 23.8 Å². The van der Waals surface area contributed by atoms with Gasteiger partial charge in [0.15, 0.2) is 0 Å². The Morgan fingerprint density at radius 1 is 1.14 bits per heavy atom. The molecule has 0 radical (unpaired) electrons. The van der Waals surface area contributed by atoms with Gasteiger partial charge in [-0.15, -0.1) is 0 Å². The Labute approximate surface area is 172 Å². The van der Waals surface area contributed by atoms with Crippen LogP contribution < -0.4 is 10.2 Å². The van der Waals surface area contributed by atoms with E-state index in [0.29, 0.717) is 25.6 Å². The van der Waals surface area contributed by atoms with Gasteiger partial charge in [0, 0.05) is 42.8 Å². The molecule has 1 saturated heterocycles. The minimum absolute atomic E-state index is 0.0349. The number of nitrogens with one attached hydrogen (secondary N) is 1. The molecule has 156 valence electrons. The summed E-state index contributed by atoms with van der Waals surface area (Å²) in [5, 5.41) is 3.00. The molecule has 29 heavy (non-hydrogen) atoms. The minimum Gasteiger partial charge on any atom is -0.339 e. The monoisotopic (exact) mass is 397 g/mol. The molecule has 0 spiro atoms. The van der Waals surface area contributed by atoms with Crippen LogP contribution in [0.3, 0.4) is 0 Å². The van der Waals surface area contributed by atoms with Crippen LogP contribution in [0, 0.1) is 11.8 Å². The molecule has 1 unspecified atom stereocenters. The minimum atomic E-state index is -0.281. The van der Waals surface area contributed by atoms with E-state index in [1.165, 1.54) is 19.3 Å². The second kappa shape index (κ2) is 8.17. The van der Waals surface area contributed by atoms with Gasteiger partial charge in [0.05, 0.1) is 5.92 Å². The highest BCUT2D eigenvalue weighted by Crippen LogP contribution is 2.33. The van der Waals surface area contributed by atoms with E-state index in [4.69, 9.17) is 0 Å². The van der Waals surface area contributed by atoms with Crippen molar-refractivity contribution in [3.8, 4) is 0 Å². The van der Waals surface area contributed by atoms with E-state index in [1.54, 1.807) is 0 Å². The Kier molecular flexibility index (Phi) is 5.61. The van der Waals surface area contributed by atoms with Gasteiger partial charge in [0.25, 0.3) is 0 Å². The average Bonchev–Trinajstić information content (AvgIpc) is 3.31. The summed E-state index contributed by atoms with van der Waals surface area (Å²) in [5.74, 6) is -0.143. The van der Waals surface area contributed by atoms with Crippen molar-refractivity contribution in [1.82, 2.24) is 4.90 Å². The fourth-order valence-electron chi connectivity index (χ4n) is 4.92. The maximum Gasteiger partial charge on any atom is 0.229 e. The maximum absolute atomic E-state index is 12.8. The summed E-state index contributed by atoms with van der Waals surface area (Å²) in [7, 11) is 0. The Balaban J connectivity index is 1.39. The molecule has 1 aliphatic carbocycles. The van der Waals surface area contributed by atoms with Gasteiger partial charge in [0.2, 0.25) is 17.7 Å². The lowest BCUT2D eigenvalue weighted by atomic mass is 9.94. The molecule has 2 fully saturated rings. The van der Waals surface area contributed by atoms with Crippen LogP contribution in [0.4, 0.5) is 11.4 Å². The van der Waals surface area contributed by atoms with Gasteiger partial charge in [-0.2, -0.15) is 0 Å². The maximum atomic E-state index is 12.8. The van der Waals surface area contributed by atoms with Crippen molar-refractivity contribution in [2.45, 2.75) is 64.8 Å². The fourth-order valence-corrected chi connectivity index (χ4v) is 4.92. The number of benzene rings is 1. The Morgan fingerprint density at radius 2 is 1.90 bits per heavy atom. The molecule has 6 heteroatoms. The molecule has 1 aromatic carbocycles. The molecule has 2 heterocycles. The van der Waals surface area contributed by atoms with E-state index in [2.05, 4.69) is 5.32 Å². The van der Waals surface area contributed by atoms with Crippen molar-refractivity contribution >= 4 is 29.1 Å². The second-order valence-corrected chi connectivity index (χ2v) is 8.97. The van der Waals surface area contributed by atoms with Gasteiger partial charge in [-0.25, -0.2) is 0 Å². The Morgan fingerprint density at radius 3 is 2.62 bits per heavy atom. The first-order valence-electron chi connectivity index (χ1n) is 11.0. The van der Waals surface area contributed by atoms with Gasteiger partial charge in [0.1, 0.15) is 0 Å². The molecule has 1 saturated carbocycles. The van der Waals surface area contributed by atoms with Crippen LogP contribution >= 0.6 is 0 Å². The van der Waals surface area contributed by atoms with Crippen LogP contribution in [0.15, 0.2) is 18.2 Å². The van der Waals surface area contributed by atoms with Crippen LogP contribution in [0.2, 0.25) is 0 Å². The number of nitrogens with zero attached hydrogens (tertiary/aromatic N) is 2. The number of fused-ring (bicyclic) bond motifs is 1. The van der Waals surface area contributed by atoms with E-state index in [9.17, 15) is 14.4 Å². The van der Waals surface area contributed by atoms with Crippen molar-refractivity contribution in [2.75, 3.05) is 23.3 Å². The number of hydrogen-bond acceptors (Lipinski definition) is 3. The number of rotatable bonds is 4. The first kappa shape index (κ1) is 19.9. The number of likely N-dealkylation sites (tertiary alicyclic amines) is 1. The number of amides is 3. The molecule has 0 aromatic heterocycles. The Hall–Kier alpha value is -2.37. The summed E-state index contributed by atoms with van der Waals surface area (Å²) < 4.78 is 0. The highest BCUT2D eigenvalue weighted by atomic mass is 16.2. The molecule has 6 nitrogen and oxygen atoms in total. The lowest BCUT2D eigenvalue weighted by molar-refractivity contribution is -0.130. The third-order valence-corrected chi connectivity index (χ3v) is 6.55. The lowest BCUT2D eigenvalue weighted by Gasteiger charge is -2.31. The van der Waals surface area contributed by atoms with E-state index in [1.807, 2.05) is 41.8 Å². The third kappa shape index (κ3) is 4.02. The number of carbonyl (C=O) groups is 3. The fraction of sp³-hybridized carbons (Fsp3) is 0.609. The van der Waals surface area contributed by atoms with E-state index < -0.39 is 0 Å². The van der Waals surface area contributed by atoms with E-state index >= 15 is 0 Å². The van der Waals surface area contributed by atoms with Crippen LogP contribution in [-0.4, -0.2) is 41.8 Å². The summed E-state index contributed by atoms with van der Waals surface area (Å²) in [6.07, 6.45) is 6.85. The molecule has 1 aromatic rings. The van der Waals surface area contributed by atoms with Crippen molar-refractivity contribution in [3.63, 3.8) is 0 Å². The molecule has 3 aliphatic rings. The molecule has 4 rings (SSSR count). The predicted molar refractivity (Wildman–Crippen MR) is 113 cm³/mol. The first-order chi connectivity index (χ1) is 13.9. The van der Waals surface area contributed by atoms with Crippen molar-refractivity contribution in [2.24, 2.45) is 11.8 Å². The lowest BCUT2D eigenvalue weighted by Crippen LogP contribution is -2.38. The van der Waals surface area contributed by atoms with Gasteiger partial charge in [-0.1, -0.05) is 33.1 Å². The van der Waals surface area contributed by atoms with Crippen LogP contribution in [0.25, 0.3) is 0 Å². The van der Waals surface area contributed by atoms with E-state index in [0.717, 1.165) is 36.2 Å². The predicted octanol–water partition coefficient (Wildman–Crippen LogP) is 3.35. The molecular formula is C23H31N3O3. The van der Waals surface area contributed by atoms with Crippen molar-refractivity contribution < 1.29 is 14.4 Å².